The smallest absolute Gasteiger partial charge is 0.204 e. The van der Waals surface area contributed by atoms with Crippen LogP contribution in [0.3, 0.4) is 0 Å². The molecule has 0 amide bonds. The van der Waals surface area contributed by atoms with Crippen LogP contribution in [0.2, 0.25) is 0 Å². The molecule has 1 aliphatic heterocycles. The van der Waals surface area contributed by atoms with Crippen molar-refractivity contribution < 1.29 is 19.1 Å². The molecule has 0 bridgehead atoms. The molecule has 6 heteroatoms. The number of thiophene rings is 1. The van der Waals surface area contributed by atoms with Gasteiger partial charge in [-0.1, -0.05) is 0 Å². The Labute approximate surface area is 158 Å². The zero-order valence-electron chi connectivity index (χ0n) is 14.0. The van der Waals surface area contributed by atoms with Gasteiger partial charge in [-0.15, -0.1) is 11.3 Å². The first kappa shape index (κ1) is 17.9. The molecule has 2 atom stereocenters. The number of carbonyl (C=O) groups is 2. The molecule has 0 fully saturated rings. The standard InChI is InChI=1S/C19H17BrO4S/c1-10(21)16-11(2)24-19(17(16)15-8-13(20)9-25-15)18(22)12-4-6-14(23-3)7-5-12/h4-9,17,19H,1-3H3/t17-,19-/m0/s1. The lowest BCUT2D eigenvalue weighted by Gasteiger charge is -2.19. The van der Waals surface area contributed by atoms with E-state index in [2.05, 4.69) is 15.9 Å². The molecule has 0 aliphatic carbocycles. The normalized spacial score (nSPS) is 19.7. The fourth-order valence-electron chi connectivity index (χ4n) is 3.07. The van der Waals surface area contributed by atoms with Crippen molar-refractivity contribution >= 4 is 38.8 Å². The third-order valence-electron chi connectivity index (χ3n) is 4.20. The monoisotopic (exact) mass is 420 g/mol. The summed E-state index contributed by atoms with van der Waals surface area (Å²) < 4.78 is 11.9. The van der Waals surface area contributed by atoms with Gasteiger partial charge in [0.25, 0.3) is 0 Å². The number of allylic oxidation sites excluding steroid dienone is 1. The van der Waals surface area contributed by atoms with Gasteiger partial charge in [0.15, 0.2) is 11.9 Å². The minimum absolute atomic E-state index is 0.0722. The Balaban J connectivity index is 1.99. The SMILES string of the molecule is COc1ccc(C(=O)[C@H]2OC(C)=C(C(C)=O)[C@@H]2c2cc(Br)cs2)cc1. The largest absolute Gasteiger partial charge is 0.497 e. The molecule has 25 heavy (non-hydrogen) atoms. The van der Waals surface area contributed by atoms with Crippen molar-refractivity contribution in [1.29, 1.82) is 0 Å². The maximum Gasteiger partial charge on any atom is 0.204 e. The molecule has 1 aliphatic rings. The van der Waals surface area contributed by atoms with Crippen LogP contribution in [0.4, 0.5) is 0 Å². The van der Waals surface area contributed by atoms with Crippen LogP contribution >= 0.6 is 27.3 Å². The number of benzene rings is 1. The van der Waals surface area contributed by atoms with Gasteiger partial charge in [0.05, 0.1) is 13.0 Å². The molecule has 1 aromatic heterocycles. The van der Waals surface area contributed by atoms with Gasteiger partial charge >= 0.3 is 0 Å². The molecule has 0 spiro atoms. The lowest BCUT2D eigenvalue weighted by molar-refractivity contribution is -0.113. The number of Topliss-reactive ketones (excluding diaryl/α,β-unsaturated/α-hetero) is 2. The predicted octanol–water partition coefficient (Wildman–Crippen LogP) is 4.75. The maximum absolute atomic E-state index is 13.0. The Morgan fingerprint density at radius 2 is 1.92 bits per heavy atom. The number of ketones is 2. The third-order valence-corrected chi connectivity index (χ3v) is 5.98. The number of halogens is 1. The summed E-state index contributed by atoms with van der Waals surface area (Å²) in [5.41, 5.74) is 1.10. The van der Waals surface area contributed by atoms with Crippen molar-refractivity contribution in [3.8, 4) is 5.75 Å². The topological polar surface area (TPSA) is 52.6 Å². The first-order chi connectivity index (χ1) is 11.9. The summed E-state index contributed by atoms with van der Waals surface area (Å²) in [5.74, 6) is 0.600. The summed E-state index contributed by atoms with van der Waals surface area (Å²) in [5, 5.41) is 1.94. The Bertz CT molecular complexity index is 851. The van der Waals surface area contributed by atoms with Crippen molar-refractivity contribution in [2.75, 3.05) is 7.11 Å². The molecule has 0 unspecified atom stereocenters. The van der Waals surface area contributed by atoms with E-state index in [0.717, 1.165) is 9.35 Å². The van der Waals surface area contributed by atoms with Crippen molar-refractivity contribution in [3.05, 3.63) is 62.0 Å². The number of methoxy groups -OCH3 is 1. The highest BCUT2D eigenvalue weighted by Crippen LogP contribution is 2.43. The van der Waals surface area contributed by atoms with Crippen LogP contribution in [0.5, 0.6) is 5.75 Å². The van der Waals surface area contributed by atoms with E-state index >= 15 is 0 Å². The average Bonchev–Trinajstić information content (AvgIpc) is 3.17. The molecule has 0 radical (unpaired) electrons. The Morgan fingerprint density at radius 3 is 2.44 bits per heavy atom. The van der Waals surface area contributed by atoms with Gasteiger partial charge in [-0.05, 0) is 60.1 Å². The van der Waals surface area contributed by atoms with Crippen molar-refractivity contribution in [1.82, 2.24) is 0 Å². The van der Waals surface area contributed by atoms with Crippen LogP contribution in [0.25, 0.3) is 0 Å². The number of hydrogen-bond acceptors (Lipinski definition) is 5. The third kappa shape index (κ3) is 3.41. The molecule has 2 aromatic rings. The average molecular weight is 421 g/mol. The number of hydrogen-bond donors (Lipinski definition) is 0. The highest BCUT2D eigenvalue weighted by molar-refractivity contribution is 9.10. The molecule has 130 valence electrons. The van der Waals surface area contributed by atoms with Crippen LogP contribution < -0.4 is 4.74 Å². The second kappa shape index (κ2) is 7.14. The molecule has 2 heterocycles. The Morgan fingerprint density at radius 1 is 1.24 bits per heavy atom. The molecule has 4 nitrogen and oxygen atoms in total. The summed E-state index contributed by atoms with van der Waals surface area (Å²) >= 11 is 4.95. The van der Waals surface area contributed by atoms with E-state index < -0.39 is 6.10 Å². The van der Waals surface area contributed by atoms with Crippen LogP contribution in [0.1, 0.15) is 35.0 Å². The van der Waals surface area contributed by atoms with Gasteiger partial charge in [0.1, 0.15) is 11.5 Å². The second-order valence-electron chi connectivity index (χ2n) is 5.80. The van der Waals surface area contributed by atoms with Crippen molar-refractivity contribution in [2.24, 2.45) is 0 Å². The van der Waals surface area contributed by atoms with E-state index in [9.17, 15) is 9.59 Å². The molecule has 1 aromatic carbocycles. The number of rotatable bonds is 5. The minimum atomic E-state index is -0.738. The van der Waals surface area contributed by atoms with Gasteiger partial charge in [0, 0.05) is 25.9 Å². The number of carbonyl (C=O) groups excluding carboxylic acids is 2. The van der Waals surface area contributed by atoms with Crippen LogP contribution in [0.15, 0.2) is 51.5 Å². The van der Waals surface area contributed by atoms with Gasteiger partial charge in [0.2, 0.25) is 5.78 Å². The summed E-state index contributed by atoms with van der Waals surface area (Å²) in [6.45, 7) is 3.26. The first-order valence-corrected chi connectivity index (χ1v) is 9.40. The molecule has 0 saturated heterocycles. The minimum Gasteiger partial charge on any atom is -0.497 e. The van der Waals surface area contributed by atoms with Crippen LogP contribution in [-0.2, 0) is 9.53 Å². The summed E-state index contributed by atoms with van der Waals surface area (Å²) in [4.78, 5) is 26.1. The zero-order chi connectivity index (χ0) is 18.1. The maximum atomic E-state index is 13.0. The summed E-state index contributed by atoms with van der Waals surface area (Å²) in [6, 6.07) is 8.85. The Kier molecular flexibility index (Phi) is 5.11. The van der Waals surface area contributed by atoms with E-state index in [1.807, 2.05) is 11.4 Å². The predicted molar refractivity (Wildman–Crippen MR) is 100 cm³/mol. The highest BCUT2D eigenvalue weighted by atomic mass is 79.9. The first-order valence-electron chi connectivity index (χ1n) is 7.73. The van der Waals surface area contributed by atoms with Gasteiger partial charge in [-0.3, -0.25) is 9.59 Å². The second-order valence-corrected chi connectivity index (χ2v) is 7.66. The molecule has 0 saturated carbocycles. The number of ether oxygens (including phenoxy) is 2. The highest BCUT2D eigenvalue weighted by Gasteiger charge is 2.43. The molecule has 0 N–H and O–H groups in total. The van der Waals surface area contributed by atoms with E-state index in [1.54, 1.807) is 38.3 Å². The van der Waals surface area contributed by atoms with Crippen LogP contribution in [0, 0.1) is 0 Å². The van der Waals surface area contributed by atoms with E-state index in [4.69, 9.17) is 9.47 Å². The Hall–Kier alpha value is -1.92. The summed E-state index contributed by atoms with van der Waals surface area (Å²) in [6.07, 6.45) is -0.738. The fourth-order valence-corrected chi connectivity index (χ4v) is 4.64. The van der Waals surface area contributed by atoms with Crippen LogP contribution in [-0.4, -0.2) is 24.8 Å². The van der Waals surface area contributed by atoms with E-state index in [1.165, 1.54) is 18.3 Å². The van der Waals surface area contributed by atoms with E-state index in [-0.39, 0.29) is 17.5 Å². The molecule has 3 rings (SSSR count). The van der Waals surface area contributed by atoms with E-state index in [0.29, 0.717) is 22.6 Å². The van der Waals surface area contributed by atoms with Crippen molar-refractivity contribution in [3.63, 3.8) is 0 Å². The van der Waals surface area contributed by atoms with Crippen molar-refractivity contribution in [2.45, 2.75) is 25.9 Å². The summed E-state index contributed by atoms with van der Waals surface area (Å²) in [7, 11) is 1.58. The molecular formula is C19H17BrO4S. The zero-order valence-corrected chi connectivity index (χ0v) is 16.4. The quantitative estimate of drug-likeness (QED) is 0.654. The van der Waals surface area contributed by atoms with Gasteiger partial charge in [-0.25, -0.2) is 0 Å². The molecular weight excluding hydrogens is 404 g/mol. The van der Waals surface area contributed by atoms with Gasteiger partial charge in [-0.2, -0.15) is 0 Å². The lowest BCUT2D eigenvalue weighted by atomic mass is 9.87. The lowest BCUT2D eigenvalue weighted by Crippen LogP contribution is -2.28. The van der Waals surface area contributed by atoms with Gasteiger partial charge < -0.3 is 9.47 Å². The fraction of sp³-hybridized carbons (Fsp3) is 0.263.